The number of nitrogens with one attached hydrogen (secondary N) is 2. The van der Waals surface area contributed by atoms with Crippen molar-refractivity contribution >= 4 is 28.1 Å². The maximum absolute atomic E-state index is 11.3. The third kappa shape index (κ3) is 5.12. The number of hydrogen-bond acceptors (Lipinski definition) is 6. The number of nitro groups is 1. The quantitative estimate of drug-likeness (QED) is 0.563. The van der Waals surface area contributed by atoms with Crippen LogP contribution in [0.25, 0.3) is 0 Å². The zero-order chi connectivity index (χ0) is 15.1. The van der Waals surface area contributed by atoms with Crippen molar-refractivity contribution in [1.82, 2.24) is 4.98 Å². The second-order valence-corrected chi connectivity index (χ2v) is 6.27. The van der Waals surface area contributed by atoms with Gasteiger partial charge in [-0.05, 0) is 13.3 Å². The molecule has 1 rings (SSSR count). The van der Waals surface area contributed by atoms with Crippen molar-refractivity contribution in [2.24, 2.45) is 0 Å². The third-order valence-corrected chi connectivity index (χ3v) is 4.01. The summed E-state index contributed by atoms with van der Waals surface area (Å²) in [5, 5.41) is 16.9. The summed E-state index contributed by atoms with van der Waals surface area (Å²) in [6.45, 7) is 4.99. The van der Waals surface area contributed by atoms with Crippen molar-refractivity contribution < 1.29 is 9.13 Å². The smallest absolute Gasteiger partial charge is 0.276 e. The fraction of sp³-hybridized carbons (Fsp3) is 0.583. The lowest BCUT2D eigenvalue weighted by molar-refractivity contribution is -0.384. The number of hydrogen-bond donors (Lipinski definition) is 2. The SMILES string of the molecule is CCCNc1cc([N+](=O)[O-])cc(NCC(C)S(C)=O)n1. The van der Waals surface area contributed by atoms with Crippen LogP contribution in [-0.4, -0.2) is 38.7 Å². The van der Waals surface area contributed by atoms with E-state index in [1.165, 1.54) is 12.1 Å². The van der Waals surface area contributed by atoms with Crippen molar-refractivity contribution in [1.29, 1.82) is 0 Å². The maximum atomic E-state index is 11.3. The summed E-state index contributed by atoms with van der Waals surface area (Å²) in [7, 11) is -0.948. The molecule has 2 atom stereocenters. The Bertz CT molecular complexity index is 496. The van der Waals surface area contributed by atoms with Crippen molar-refractivity contribution in [3.8, 4) is 0 Å². The van der Waals surface area contributed by atoms with Gasteiger partial charge in [0.05, 0.1) is 17.1 Å². The summed E-state index contributed by atoms with van der Waals surface area (Å²) in [6, 6.07) is 2.78. The molecule has 0 aromatic carbocycles. The summed E-state index contributed by atoms with van der Waals surface area (Å²) < 4.78 is 11.3. The normalized spacial score (nSPS) is 13.6. The van der Waals surface area contributed by atoms with Gasteiger partial charge in [-0.3, -0.25) is 14.3 Å². The van der Waals surface area contributed by atoms with Crippen molar-refractivity contribution in [3.05, 3.63) is 22.2 Å². The van der Waals surface area contributed by atoms with E-state index < -0.39 is 15.7 Å². The number of pyridine rings is 1. The van der Waals surface area contributed by atoms with E-state index in [4.69, 9.17) is 0 Å². The Labute approximate surface area is 120 Å². The molecule has 7 nitrogen and oxygen atoms in total. The van der Waals surface area contributed by atoms with Crippen LogP contribution in [0, 0.1) is 10.1 Å². The van der Waals surface area contributed by atoms with E-state index in [0.717, 1.165) is 6.42 Å². The summed E-state index contributed by atoms with van der Waals surface area (Å²) in [6.07, 6.45) is 2.53. The molecule has 0 amide bonds. The van der Waals surface area contributed by atoms with Gasteiger partial charge in [-0.15, -0.1) is 0 Å². The second kappa shape index (κ2) is 7.78. The van der Waals surface area contributed by atoms with Gasteiger partial charge in [-0.2, -0.15) is 0 Å². The third-order valence-electron chi connectivity index (χ3n) is 2.71. The van der Waals surface area contributed by atoms with Gasteiger partial charge in [0.15, 0.2) is 0 Å². The van der Waals surface area contributed by atoms with Gasteiger partial charge < -0.3 is 10.6 Å². The summed E-state index contributed by atoms with van der Waals surface area (Å²) >= 11 is 0. The van der Waals surface area contributed by atoms with Crippen LogP contribution >= 0.6 is 0 Å². The van der Waals surface area contributed by atoms with Crippen LogP contribution in [-0.2, 0) is 10.8 Å². The minimum absolute atomic E-state index is 0.0219. The highest BCUT2D eigenvalue weighted by Gasteiger charge is 2.12. The Kier molecular flexibility index (Phi) is 6.37. The Morgan fingerprint density at radius 2 is 2.00 bits per heavy atom. The average molecular weight is 300 g/mol. The molecule has 112 valence electrons. The van der Waals surface area contributed by atoms with E-state index in [0.29, 0.717) is 24.7 Å². The van der Waals surface area contributed by atoms with Crippen molar-refractivity contribution in [3.63, 3.8) is 0 Å². The summed E-state index contributed by atoms with van der Waals surface area (Å²) in [5.74, 6) is 0.879. The van der Waals surface area contributed by atoms with Crippen LogP contribution in [0.3, 0.4) is 0 Å². The monoisotopic (exact) mass is 300 g/mol. The van der Waals surface area contributed by atoms with Gasteiger partial charge in [0.2, 0.25) is 0 Å². The second-order valence-electron chi connectivity index (χ2n) is 4.47. The summed E-state index contributed by atoms with van der Waals surface area (Å²) in [5.41, 5.74) is -0.0219. The largest absolute Gasteiger partial charge is 0.370 e. The van der Waals surface area contributed by atoms with Crippen LogP contribution in [0.1, 0.15) is 20.3 Å². The minimum Gasteiger partial charge on any atom is -0.370 e. The molecule has 8 heteroatoms. The molecule has 2 unspecified atom stereocenters. The lowest BCUT2D eigenvalue weighted by Gasteiger charge is -2.12. The number of aromatic nitrogens is 1. The molecule has 1 heterocycles. The zero-order valence-electron chi connectivity index (χ0n) is 11.9. The van der Waals surface area contributed by atoms with E-state index in [-0.39, 0.29) is 10.9 Å². The molecule has 0 saturated carbocycles. The minimum atomic E-state index is -0.948. The number of rotatable bonds is 8. The van der Waals surface area contributed by atoms with Crippen LogP contribution in [0.5, 0.6) is 0 Å². The molecule has 1 aromatic rings. The first kappa shape index (κ1) is 16.4. The van der Waals surface area contributed by atoms with Crippen LogP contribution < -0.4 is 10.6 Å². The highest BCUT2D eigenvalue weighted by atomic mass is 32.2. The highest BCUT2D eigenvalue weighted by molar-refractivity contribution is 7.84. The summed E-state index contributed by atoms with van der Waals surface area (Å²) in [4.78, 5) is 14.7. The van der Waals surface area contributed by atoms with Crippen LogP contribution in [0.2, 0.25) is 0 Å². The molecule has 0 aliphatic carbocycles. The van der Waals surface area contributed by atoms with Crippen LogP contribution in [0.15, 0.2) is 12.1 Å². The van der Waals surface area contributed by atoms with Gasteiger partial charge in [0.1, 0.15) is 11.6 Å². The Morgan fingerprint density at radius 1 is 1.40 bits per heavy atom. The first-order chi connectivity index (χ1) is 9.43. The lowest BCUT2D eigenvalue weighted by atomic mass is 10.3. The standard InChI is InChI=1S/C12H20N4O3S/c1-4-5-13-11-6-10(16(17)18)7-12(15-11)14-8-9(2)20(3)19/h6-7,9H,4-5,8H2,1-3H3,(H2,13,14,15). The molecule has 2 N–H and O–H groups in total. The predicted molar refractivity (Wildman–Crippen MR) is 81.7 cm³/mol. The number of anilines is 2. The average Bonchev–Trinajstić information content (AvgIpc) is 2.42. The topological polar surface area (TPSA) is 97.2 Å². The fourth-order valence-corrected chi connectivity index (χ4v) is 1.74. The van der Waals surface area contributed by atoms with Gasteiger partial charge in [-0.25, -0.2) is 4.98 Å². The van der Waals surface area contributed by atoms with Crippen LogP contribution in [0.4, 0.5) is 17.3 Å². The number of nitrogens with zero attached hydrogens (tertiary/aromatic N) is 2. The lowest BCUT2D eigenvalue weighted by Crippen LogP contribution is -2.21. The van der Waals surface area contributed by atoms with E-state index in [9.17, 15) is 14.3 Å². The van der Waals surface area contributed by atoms with E-state index in [2.05, 4.69) is 15.6 Å². The molecule has 0 aliphatic rings. The molecule has 0 fully saturated rings. The Hall–Kier alpha value is -1.70. The fourth-order valence-electron chi connectivity index (χ4n) is 1.42. The van der Waals surface area contributed by atoms with Crippen molar-refractivity contribution in [2.45, 2.75) is 25.5 Å². The van der Waals surface area contributed by atoms with Gasteiger partial charge in [-0.1, -0.05) is 6.92 Å². The molecule has 0 spiro atoms. The molecule has 0 aliphatic heterocycles. The first-order valence-corrected chi connectivity index (χ1v) is 8.02. The van der Waals surface area contributed by atoms with Gasteiger partial charge >= 0.3 is 0 Å². The maximum Gasteiger partial charge on any atom is 0.276 e. The Balaban J connectivity index is 2.85. The molecular weight excluding hydrogens is 280 g/mol. The van der Waals surface area contributed by atoms with E-state index >= 15 is 0 Å². The van der Waals surface area contributed by atoms with Crippen molar-refractivity contribution in [2.75, 3.05) is 30.0 Å². The molecule has 0 saturated heterocycles. The van der Waals surface area contributed by atoms with E-state index in [1.807, 2.05) is 13.8 Å². The highest BCUT2D eigenvalue weighted by Crippen LogP contribution is 2.20. The molecular formula is C12H20N4O3S. The van der Waals surface area contributed by atoms with E-state index in [1.54, 1.807) is 6.26 Å². The molecule has 0 radical (unpaired) electrons. The Morgan fingerprint density at radius 3 is 2.50 bits per heavy atom. The molecule has 0 bridgehead atoms. The van der Waals surface area contributed by atoms with Gasteiger partial charge in [0.25, 0.3) is 5.69 Å². The zero-order valence-corrected chi connectivity index (χ0v) is 12.7. The first-order valence-electron chi connectivity index (χ1n) is 6.40. The predicted octanol–water partition coefficient (Wildman–Crippen LogP) is 1.99. The molecule has 1 aromatic heterocycles. The van der Waals surface area contributed by atoms with Gasteiger partial charge in [0, 0.05) is 35.4 Å². The molecule has 20 heavy (non-hydrogen) atoms.